The van der Waals surface area contributed by atoms with E-state index in [-0.39, 0.29) is 24.6 Å². The van der Waals surface area contributed by atoms with E-state index in [0.717, 1.165) is 0 Å². The molecule has 0 saturated carbocycles. The van der Waals surface area contributed by atoms with E-state index >= 15 is 0 Å². The van der Waals surface area contributed by atoms with Gasteiger partial charge in [-0.1, -0.05) is 6.07 Å². The predicted molar refractivity (Wildman–Crippen MR) is 68.6 cm³/mol. The molecule has 19 heavy (non-hydrogen) atoms. The smallest absolute Gasteiger partial charge is 0.325 e. The van der Waals surface area contributed by atoms with Crippen molar-refractivity contribution in [1.29, 1.82) is 0 Å². The van der Waals surface area contributed by atoms with E-state index in [9.17, 15) is 14.4 Å². The zero-order valence-corrected chi connectivity index (χ0v) is 10.9. The summed E-state index contributed by atoms with van der Waals surface area (Å²) in [6, 6.07) is 6.03. The van der Waals surface area contributed by atoms with E-state index in [0.29, 0.717) is 5.56 Å². The maximum Gasteiger partial charge on any atom is 0.325 e. The topological polar surface area (TPSA) is 89.7 Å². The van der Waals surface area contributed by atoms with Crippen molar-refractivity contribution >= 4 is 17.8 Å². The van der Waals surface area contributed by atoms with Crippen molar-refractivity contribution < 1.29 is 19.1 Å². The van der Waals surface area contributed by atoms with Gasteiger partial charge in [0.25, 0.3) is 5.91 Å². The number of primary amides is 1. The number of esters is 1. The number of nitrogens with zero attached hydrogens (tertiary/aromatic N) is 1. The monoisotopic (exact) mass is 264 g/mol. The molecule has 2 N–H and O–H groups in total. The number of likely N-dealkylation sites (N-methyl/N-ethyl adjacent to an activating group) is 1. The van der Waals surface area contributed by atoms with Gasteiger partial charge in [-0.2, -0.15) is 0 Å². The second-order valence-electron chi connectivity index (χ2n) is 3.91. The second kappa shape index (κ2) is 6.53. The van der Waals surface area contributed by atoms with Crippen LogP contribution in [0.5, 0.6) is 0 Å². The summed E-state index contributed by atoms with van der Waals surface area (Å²) in [7, 11) is 1.48. The maximum atomic E-state index is 12.0. The first-order valence-electron chi connectivity index (χ1n) is 5.76. The Morgan fingerprint density at radius 2 is 1.89 bits per heavy atom. The van der Waals surface area contributed by atoms with Gasteiger partial charge in [-0.25, -0.2) is 0 Å². The van der Waals surface area contributed by atoms with Crippen molar-refractivity contribution in [3.63, 3.8) is 0 Å². The van der Waals surface area contributed by atoms with Gasteiger partial charge in [0.1, 0.15) is 6.54 Å². The van der Waals surface area contributed by atoms with Gasteiger partial charge in [-0.3, -0.25) is 14.4 Å². The second-order valence-corrected chi connectivity index (χ2v) is 3.91. The van der Waals surface area contributed by atoms with Gasteiger partial charge in [0, 0.05) is 18.2 Å². The van der Waals surface area contributed by atoms with Crippen molar-refractivity contribution in [2.24, 2.45) is 5.73 Å². The standard InChI is InChI=1S/C13H16N2O4/c1-3-19-11(16)8-15(2)13(18)10-6-4-5-9(7-10)12(14)17/h4-7H,3,8H2,1-2H3,(H2,14,17). The Bertz CT molecular complexity index is 499. The average molecular weight is 264 g/mol. The van der Waals surface area contributed by atoms with Gasteiger partial charge in [0.05, 0.1) is 6.61 Å². The number of hydrogen-bond donors (Lipinski definition) is 1. The third-order valence-corrected chi connectivity index (χ3v) is 2.41. The number of nitrogens with two attached hydrogens (primary N) is 1. The molecule has 0 aliphatic heterocycles. The molecule has 0 aliphatic carbocycles. The van der Waals surface area contributed by atoms with Crippen molar-refractivity contribution in [2.45, 2.75) is 6.92 Å². The summed E-state index contributed by atoms with van der Waals surface area (Å²) in [5, 5.41) is 0. The van der Waals surface area contributed by atoms with Crippen LogP contribution in [0, 0.1) is 0 Å². The fraction of sp³-hybridized carbons (Fsp3) is 0.308. The third-order valence-electron chi connectivity index (χ3n) is 2.41. The van der Waals surface area contributed by atoms with Crippen LogP contribution in [0.3, 0.4) is 0 Å². The highest BCUT2D eigenvalue weighted by molar-refractivity contribution is 5.99. The molecule has 1 rings (SSSR count). The molecular formula is C13H16N2O4. The number of benzene rings is 1. The molecule has 102 valence electrons. The molecule has 6 nitrogen and oxygen atoms in total. The minimum absolute atomic E-state index is 0.145. The van der Waals surface area contributed by atoms with Crippen LogP contribution in [0.1, 0.15) is 27.6 Å². The Morgan fingerprint density at radius 3 is 2.47 bits per heavy atom. The first-order chi connectivity index (χ1) is 8.95. The molecule has 0 saturated heterocycles. The van der Waals surface area contributed by atoms with E-state index < -0.39 is 11.9 Å². The molecule has 6 heteroatoms. The van der Waals surface area contributed by atoms with Crippen LogP contribution < -0.4 is 5.73 Å². The van der Waals surface area contributed by atoms with Gasteiger partial charge < -0.3 is 15.4 Å². The SMILES string of the molecule is CCOC(=O)CN(C)C(=O)c1cccc(C(N)=O)c1. The first kappa shape index (κ1) is 14.7. The molecule has 0 radical (unpaired) electrons. The molecule has 0 aliphatic rings. The van der Waals surface area contributed by atoms with Gasteiger partial charge in [0.15, 0.2) is 0 Å². The molecule has 0 heterocycles. The van der Waals surface area contributed by atoms with Crippen molar-refractivity contribution in [3.8, 4) is 0 Å². The lowest BCUT2D eigenvalue weighted by Gasteiger charge is -2.16. The van der Waals surface area contributed by atoms with Crippen LogP contribution in [0.4, 0.5) is 0 Å². The molecule has 0 spiro atoms. The van der Waals surface area contributed by atoms with Crippen LogP contribution in [0.2, 0.25) is 0 Å². The van der Waals surface area contributed by atoms with Gasteiger partial charge >= 0.3 is 5.97 Å². The summed E-state index contributed by atoms with van der Waals surface area (Å²) >= 11 is 0. The lowest BCUT2D eigenvalue weighted by atomic mass is 10.1. The lowest BCUT2D eigenvalue weighted by Crippen LogP contribution is -2.33. The fourth-order valence-corrected chi connectivity index (χ4v) is 1.50. The van der Waals surface area contributed by atoms with E-state index in [1.54, 1.807) is 19.1 Å². The zero-order chi connectivity index (χ0) is 14.4. The predicted octanol–water partition coefficient (Wildman–Crippen LogP) is 0.421. The number of carbonyl (C=O) groups excluding carboxylic acids is 3. The number of hydrogen-bond acceptors (Lipinski definition) is 4. The van der Waals surface area contributed by atoms with Gasteiger partial charge in [0.2, 0.25) is 5.91 Å². The Balaban J connectivity index is 2.79. The summed E-state index contributed by atoms with van der Waals surface area (Å²) in [6.45, 7) is 1.81. The fourth-order valence-electron chi connectivity index (χ4n) is 1.50. The Kier molecular flexibility index (Phi) is 5.05. The summed E-state index contributed by atoms with van der Waals surface area (Å²) in [5.74, 6) is -1.47. The molecule has 0 bridgehead atoms. The Hall–Kier alpha value is -2.37. The van der Waals surface area contributed by atoms with Crippen LogP contribution in [0.25, 0.3) is 0 Å². The molecule has 0 aromatic heterocycles. The van der Waals surface area contributed by atoms with Crippen molar-refractivity contribution in [1.82, 2.24) is 4.90 Å². The summed E-state index contributed by atoms with van der Waals surface area (Å²) in [6.07, 6.45) is 0. The van der Waals surface area contributed by atoms with Gasteiger partial charge in [-0.15, -0.1) is 0 Å². The summed E-state index contributed by atoms with van der Waals surface area (Å²) < 4.78 is 4.75. The van der Waals surface area contributed by atoms with Crippen LogP contribution in [-0.2, 0) is 9.53 Å². The van der Waals surface area contributed by atoms with E-state index in [4.69, 9.17) is 10.5 Å². The molecule has 0 unspecified atom stereocenters. The summed E-state index contributed by atoms with van der Waals surface area (Å²) in [5.41, 5.74) is 5.68. The van der Waals surface area contributed by atoms with Crippen molar-refractivity contribution in [3.05, 3.63) is 35.4 Å². The van der Waals surface area contributed by atoms with E-state index in [1.807, 2.05) is 0 Å². The third kappa shape index (κ3) is 4.09. The van der Waals surface area contributed by atoms with E-state index in [1.165, 1.54) is 24.1 Å². The quantitative estimate of drug-likeness (QED) is 0.780. The van der Waals surface area contributed by atoms with Gasteiger partial charge in [-0.05, 0) is 25.1 Å². The molecule has 2 amide bonds. The number of rotatable bonds is 5. The molecule has 1 aromatic rings. The van der Waals surface area contributed by atoms with Crippen LogP contribution in [0.15, 0.2) is 24.3 Å². The molecule has 1 aromatic carbocycles. The first-order valence-corrected chi connectivity index (χ1v) is 5.76. The van der Waals surface area contributed by atoms with Crippen molar-refractivity contribution in [2.75, 3.05) is 20.2 Å². The highest BCUT2D eigenvalue weighted by Gasteiger charge is 2.16. The average Bonchev–Trinajstić information content (AvgIpc) is 2.38. The molecule has 0 atom stereocenters. The van der Waals surface area contributed by atoms with E-state index in [2.05, 4.69) is 0 Å². The molecule has 0 fully saturated rings. The number of ether oxygens (including phenoxy) is 1. The Labute approximate surface area is 111 Å². The normalized spacial score (nSPS) is 9.79. The van der Waals surface area contributed by atoms with Crippen LogP contribution in [-0.4, -0.2) is 42.9 Å². The lowest BCUT2D eigenvalue weighted by molar-refractivity contribution is -0.143. The van der Waals surface area contributed by atoms with Crippen LogP contribution >= 0.6 is 0 Å². The largest absolute Gasteiger partial charge is 0.465 e. The Morgan fingerprint density at radius 1 is 1.26 bits per heavy atom. The highest BCUT2D eigenvalue weighted by atomic mass is 16.5. The molecular weight excluding hydrogens is 248 g/mol. The minimum Gasteiger partial charge on any atom is -0.465 e. The number of carbonyl (C=O) groups is 3. The highest BCUT2D eigenvalue weighted by Crippen LogP contribution is 2.07. The minimum atomic E-state index is -0.609. The maximum absolute atomic E-state index is 12.0. The zero-order valence-electron chi connectivity index (χ0n) is 10.9. The summed E-state index contributed by atoms with van der Waals surface area (Å²) in [4.78, 5) is 35.6. The number of amides is 2.